The zero-order chi connectivity index (χ0) is 11.3. The van der Waals surface area contributed by atoms with Gasteiger partial charge in [0.1, 0.15) is 0 Å². The summed E-state index contributed by atoms with van der Waals surface area (Å²) in [5, 5.41) is 3.54. The molecule has 0 fully saturated rings. The van der Waals surface area contributed by atoms with Gasteiger partial charge >= 0.3 is 0 Å². The van der Waals surface area contributed by atoms with E-state index in [-0.39, 0.29) is 5.54 Å². The van der Waals surface area contributed by atoms with Gasteiger partial charge in [0.2, 0.25) is 0 Å². The number of hydrogen-bond donors (Lipinski definition) is 1. The Labute approximate surface area is 106 Å². The Morgan fingerprint density at radius 1 is 1.47 bits per heavy atom. The molecule has 1 aromatic heterocycles. The largest absolute Gasteiger partial charge is 0.307 e. The van der Waals surface area contributed by atoms with Crippen molar-refractivity contribution in [3.05, 3.63) is 21.3 Å². The van der Waals surface area contributed by atoms with Gasteiger partial charge in [0.05, 0.1) is 4.34 Å². The topological polar surface area (TPSA) is 12.0 Å². The molecule has 0 aliphatic rings. The number of halogens is 2. The molecule has 0 radical (unpaired) electrons. The lowest BCUT2D eigenvalue weighted by Crippen LogP contribution is -2.41. The second-order valence-corrected chi connectivity index (χ2v) is 6.09. The highest BCUT2D eigenvalue weighted by Crippen LogP contribution is 2.23. The molecular weight excluding hydrogens is 249 g/mol. The molecule has 0 aliphatic carbocycles. The summed E-state index contributed by atoms with van der Waals surface area (Å²) in [6.07, 6.45) is 2.07. The van der Waals surface area contributed by atoms with E-state index < -0.39 is 0 Å². The Bertz CT molecular complexity index is 301. The van der Waals surface area contributed by atoms with Crippen LogP contribution in [0.1, 0.15) is 31.6 Å². The minimum absolute atomic E-state index is 0.137. The van der Waals surface area contributed by atoms with Crippen LogP contribution < -0.4 is 5.32 Å². The molecule has 86 valence electrons. The van der Waals surface area contributed by atoms with Crippen molar-refractivity contribution < 1.29 is 0 Å². The van der Waals surface area contributed by atoms with Crippen molar-refractivity contribution in [2.45, 2.75) is 38.8 Å². The summed E-state index contributed by atoms with van der Waals surface area (Å²) >= 11 is 13.3. The zero-order valence-corrected chi connectivity index (χ0v) is 11.5. The van der Waals surface area contributed by atoms with Crippen molar-refractivity contribution in [2.75, 3.05) is 5.88 Å². The maximum atomic E-state index is 5.88. The highest BCUT2D eigenvalue weighted by Gasteiger charge is 2.20. The van der Waals surface area contributed by atoms with Crippen molar-refractivity contribution in [1.29, 1.82) is 0 Å². The van der Waals surface area contributed by atoms with Crippen LogP contribution in [-0.2, 0) is 6.54 Å². The summed E-state index contributed by atoms with van der Waals surface area (Å²) in [4.78, 5) is 1.27. The maximum Gasteiger partial charge on any atom is 0.0931 e. The van der Waals surface area contributed by atoms with Gasteiger partial charge in [-0.05, 0) is 31.9 Å². The van der Waals surface area contributed by atoms with Crippen LogP contribution in [0.25, 0.3) is 0 Å². The lowest BCUT2D eigenvalue weighted by atomic mass is 9.95. The van der Waals surface area contributed by atoms with Crippen molar-refractivity contribution in [1.82, 2.24) is 5.32 Å². The minimum Gasteiger partial charge on any atom is -0.307 e. The van der Waals surface area contributed by atoms with E-state index in [2.05, 4.69) is 25.2 Å². The van der Waals surface area contributed by atoms with E-state index >= 15 is 0 Å². The molecule has 0 saturated carbocycles. The lowest BCUT2D eigenvalue weighted by Gasteiger charge is -2.28. The second kappa shape index (κ2) is 6.09. The van der Waals surface area contributed by atoms with Gasteiger partial charge in [-0.25, -0.2) is 0 Å². The summed E-state index contributed by atoms with van der Waals surface area (Å²) in [5.74, 6) is 0.697. The molecule has 4 heteroatoms. The predicted octanol–water partition coefficient (Wildman–Crippen LogP) is 4.29. The van der Waals surface area contributed by atoms with Crippen molar-refractivity contribution in [2.24, 2.45) is 0 Å². The fourth-order valence-electron chi connectivity index (χ4n) is 1.35. The molecular formula is C11H17Cl2NS. The lowest BCUT2D eigenvalue weighted by molar-refractivity contribution is 0.332. The van der Waals surface area contributed by atoms with Crippen LogP contribution in [0.2, 0.25) is 4.34 Å². The Hall–Kier alpha value is 0.240. The highest BCUT2D eigenvalue weighted by molar-refractivity contribution is 7.16. The molecule has 1 heterocycles. The number of alkyl halides is 1. The summed E-state index contributed by atoms with van der Waals surface area (Å²) < 4.78 is 0.849. The molecule has 1 unspecified atom stereocenters. The van der Waals surface area contributed by atoms with E-state index in [4.69, 9.17) is 23.2 Å². The number of nitrogens with one attached hydrogen (secondary N) is 1. The van der Waals surface area contributed by atoms with E-state index in [0.29, 0.717) is 5.88 Å². The first-order valence-electron chi connectivity index (χ1n) is 5.15. The van der Waals surface area contributed by atoms with Gasteiger partial charge in [0.15, 0.2) is 0 Å². The van der Waals surface area contributed by atoms with Crippen LogP contribution in [0.3, 0.4) is 0 Å². The molecule has 0 aromatic carbocycles. The van der Waals surface area contributed by atoms with Crippen LogP contribution in [0.4, 0.5) is 0 Å². The Morgan fingerprint density at radius 3 is 2.67 bits per heavy atom. The molecule has 1 atom stereocenters. The average molecular weight is 266 g/mol. The van der Waals surface area contributed by atoms with E-state index in [0.717, 1.165) is 23.7 Å². The molecule has 0 bridgehead atoms. The zero-order valence-electron chi connectivity index (χ0n) is 9.15. The number of hydrogen-bond acceptors (Lipinski definition) is 2. The third-order valence-electron chi connectivity index (χ3n) is 2.74. The van der Waals surface area contributed by atoms with E-state index in [1.807, 2.05) is 6.07 Å². The Kier molecular flexibility index (Phi) is 5.41. The van der Waals surface area contributed by atoms with Crippen LogP contribution in [0.15, 0.2) is 12.1 Å². The first kappa shape index (κ1) is 13.3. The number of rotatable bonds is 6. The predicted molar refractivity (Wildman–Crippen MR) is 70.2 cm³/mol. The maximum absolute atomic E-state index is 5.88. The summed E-state index contributed by atoms with van der Waals surface area (Å²) in [5.41, 5.74) is 0.137. The highest BCUT2D eigenvalue weighted by atomic mass is 35.5. The van der Waals surface area contributed by atoms with Crippen molar-refractivity contribution in [3.63, 3.8) is 0 Å². The molecule has 0 aliphatic heterocycles. The SMILES string of the molecule is CCC(C)(CCCl)NCc1ccc(Cl)s1. The second-order valence-electron chi connectivity index (χ2n) is 3.91. The van der Waals surface area contributed by atoms with Crippen molar-refractivity contribution >= 4 is 34.5 Å². The summed E-state index contributed by atoms with van der Waals surface area (Å²) in [7, 11) is 0. The molecule has 15 heavy (non-hydrogen) atoms. The monoisotopic (exact) mass is 265 g/mol. The third-order valence-corrected chi connectivity index (χ3v) is 4.16. The number of thiophene rings is 1. The summed E-state index contributed by atoms with van der Waals surface area (Å²) in [6, 6.07) is 4.00. The molecule has 0 amide bonds. The Morgan fingerprint density at radius 2 is 2.20 bits per heavy atom. The molecule has 0 spiro atoms. The minimum atomic E-state index is 0.137. The van der Waals surface area contributed by atoms with Crippen molar-refractivity contribution in [3.8, 4) is 0 Å². The van der Waals surface area contributed by atoms with E-state index in [9.17, 15) is 0 Å². The van der Waals surface area contributed by atoms with Gasteiger partial charge in [0.25, 0.3) is 0 Å². The molecule has 1 N–H and O–H groups in total. The van der Waals surface area contributed by atoms with Gasteiger partial charge in [-0.2, -0.15) is 0 Å². The van der Waals surface area contributed by atoms with Gasteiger partial charge in [-0.15, -0.1) is 22.9 Å². The normalized spacial score (nSPS) is 15.2. The van der Waals surface area contributed by atoms with Gasteiger partial charge in [-0.3, -0.25) is 0 Å². The molecule has 1 nitrogen and oxygen atoms in total. The average Bonchev–Trinajstić information content (AvgIpc) is 2.62. The first-order valence-corrected chi connectivity index (χ1v) is 6.88. The van der Waals surface area contributed by atoms with Crippen LogP contribution >= 0.6 is 34.5 Å². The fourth-order valence-corrected chi connectivity index (χ4v) is 2.79. The van der Waals surface area contributed by atoms with Gasteiger partial charge in [-0.1, -0.05) is 18.5 Å². The summed E-state index contributed by atoms with van der Waals surface area (Å²) in [6.45, 7) is 5.27. The fraction of sp³-hybridized carbons (Fsp3) is 0.636. The van der Waals surface area contributed by atoms with Crippen LogP contribution in [0, 0.1) is 0 Å². The third kappa shape index (κ3) is 4.31. The molecule has 1 rings (SSSR count). The first-order chi connectivity index (χ1) is 7.09. The van der Waals surface area contributed by atoms with Crippen LogP contribution in [-0.4, -0.2) is 11.4 Å². The van der Waals surface area contributed by atoms with Gasteiger partial charge < -0.3 is 5.32 Å². The van der Waals surface area contributed by atoms with E-state index in [1.165, 1.54) is 4.88 Å². The van der Waals surface area contributed by atoms with Gasteiger partial charge in [0, 0.05) is 22.8 Å². The van der Waals surface area contributed by atoms with Crippen LogP contribution in [0.5, 0.6) is 0 Å². The standard InChI is InChI=1S/C11H17Cl2NS/c1-3-11(2,6-7-12)14-8-9-4-5-10(13)15-9/h4-5,14H,3,6-8H2,1-2H3. The molecule has 0 saturated heterocycles. The Balaban J connectivity index is 2.47. The molecule has 1 aromatic rings. The smallest absolute Gasteiger partial charge is 0.0931 e. The van der Waals surface area contributed by atoms with E-state index in [1.54, 1.807) is 11.3 Å². The quantitative estimate of drug-likeness (QED) is 0.757.